The number of benzene rings is 2. The molecule has 0 radical (unpaired) electrons. The highest BCUT2D eigenvalue weighted by molar-refractivity contribution is 7.90. The van der Waals surface area contributed by atoms with Crippen LogP contribution in [0.15, 0.2) is 52.2 Å². The number of fused-ring (bicyclic) bond motifs is 1. The van der Waals surface area contributed by atoms with Gasteiger partial charge in [-0.25, -0.2) is 13.2 Å². The molecule has 2 aromatic carbocycles. The van der Waals surface area contributed by atoms with E-state index in [0.717, 1.165) is 18.2 Å². The van der Waals surface area contributed by atoms with Crippen LogP contribution in [0.25, 0.3) is 11.0 Å². The number of aromatic nitrogens is 2. The van der Waals surface area contributed by atoms with Crippen molar-refractivity contribution in [3.05, 3.63) is 58.0 Å². The summed E-state index contributed by atoms with van der Waals surface area (Å²) in [6, 6.07) is 7.86. The molecule has 0 aliphatic rings. The first-order valence-electron chi connectivity index (χ1n) is 6.59. The molecule has 3 rings (SSSR count). The summed E-state index contributed by atoms with van der Waals surface area (Å²) in [6.07, 6.45) is -4.98. The van der Waals surface area contributed by atoms with Crippen molar-refractivity contribution in [2.45, 2.75) is 11.3 Å². The first kappa shape index (κ1) is 17.4. The second-order valence-corrected chi connectivity index (χ2v) is 7.11. The van der Waals surface area contributed by atoms with Crippen LogP contribution in [0.5, 0.6) is 5.75 Å². The Morgan fingerprint density at radius 1 is 1.12 bits per heavy atom. The van der Waals surface area contributed by atoms with E-state index < -0.39 is 32.7 Å². The van der Waals surface area contributed by atoms with E-state index in [1.165, 1.54) is 18.2 Å². The molecule has 0 saturated heterocycles. The zero-order chi connectivity index (χ0) is 18.4. The molecule has 0 saturated carbocycles. The van der Waals surface area contributed by atoms with Gasteiger partial charge in [-0.05, 0) is 30.3 Å². The Bertz CT molecular complexity index is 1120. The maximum Gasteiger partial charge on any atom is 0.573 e. The largest absolute Gasteiger partial charge is 0.573 e. The zero-order valence-electron chi connectivity index (χ0n) is 12.0. The van der Waals surface area contributed by atoms with Gasteiger partial charge in [0.15, 0.2) is 0 Å². The molecule has 1 aromatic heterocycles. The highest BCUT2D eigenvalue weighted by atomic mass is 35.5. The highest BCUT2D eigenvalue weighted by Gasteiger charge is 2.32. The lowest BCUT2D eigenvalue weighted by molar-refractivity contribution is -0.274. The van der Waals surface area contributed by atoms with Crippen LogP contribution in [0.2, 0.25) is 5.02 Å². The number of H-pyrrole nitrogens is 1. The quantitative estimate of drug-likeness (QED) is 0.742. The average Bonchev–Trinajstić information content (AvgIpc) is 2.81. The van der Waals surface area contributed by atoms with Gasteiger partial charge in [0.05, 0.1) is 15.9 Å². The summed E-state index contributed by atoms with van der Waals surface area (Å²) in [5, 5.41) is 0.185. The van der Waals surface area contributed by atoms with Crippen molar-refractivity contribution in [2.24, 2.45) is 0 Å². The summed E-state index contributed by atoms with van der Waals surface area (Å²) in [5.41, 5.74) is -0.792. The number of nitrogens with zero attached hydrogens (tertiary/aromatic N) is 1. The van der Waals surface area contributed by atoms with Gasteiger partial charge in [0, 0.05) is 11.1 Å². The van der Waals surface area contributed by atoms with Crippen molar-refractivity contribution in [3.8, 4) is 5.75 Å². The molecular weight excluding hydrogens is 385 g/mol. The van der Waals surface area contributed by atoms with E-state index in [2.05, 4.69) is 9.72 Å². The lowest BCUT2D eigenvalue weighted by atomic mass is 10.3. The fraction of sp³-hybridized carbons (Fsp3) is 0.0714. The molecule has 1 N–H and O–H groups in total. The van der Waals surface area contributed by atoms with E-state index in [1.54, 1.807) is 0 Å². The molecule has 11 heteroatoms. The Hall–Kier alpha value is -2.46. The maximum absolute atomic E-state index is 12.7. The molecule has 0 aliphatic heterocycles. The average molecular weight is 393 g/mol. The van der Waals surface area contributed by atoms with Gasteiger partial charge in [0.1, 0.15) is 5.75 Å². The molecule has 3 aromatic rings. The van der Waals surface area contributed by atoms with Gasteiger partial charge in [-0.1, -0.05) is 17.7 Å². The number of alkyl halides is 3. The monoisotopic (exact) mass is 392 g/mol. The van der Waals surface area contributed by atoms with E-state index in [-0.39, 0.29) is 16.1 Å². The van der Waals surface area contributed by atoms with Crippen LogP contribution in [0, 0.1) is 0 Å². The number of halogens is 4. The van der Waals surface area contributed by atoms with Crippen molar-refractivity contribution in [2.75, 3.05) is 0 Å². The smallest absolute Gasteiger partial charge is 0.406 e. The fourth-order valence-electron chi connectivity index (χ4n) is 2.23. The molecular formula is C14H8ClF3N2O4S. The topological polar surface area (TPSA) is 81.2 Å². The molecule has 0 fully saturated rings. The van der Waals surface area contributed by atoms with Crippen molar-refractivity contribution in [1.29, 1.82) is 0 Å². The van der Waals surface area contributed by atoms with E-state index in [1.807, 2.05) is 0 Å². The summed E-state index contributed by atoms with van der Waals surface area (Å²) >= 11 is 5.82. The van der Waals surface area contributed by atoms with Crippen molar-refractivity contribution < 1.29 is 26.3 Å². The Morgan fingerprint density at radius 2 is 1.84 bits per heavy atom. The number of nitrogens with one attached hydrogen (secondary N) is 1. The Labute approximate surface area is 143 Å². The minimum absolute atomic E-state index is 0.0281. The van der Waals surface area contributed by atoms with Crippen molar-refractivity contribution in [1.82, 2.24) is 8.96 Å². The maximum atomic E-state index is 12.7. The van der Waals surface area contributed by atoms with Crippen LogP contribution in [-0.2, 0) is 10.0 Å². The minimum Gasteiger partial charge on any atom is -0.406 e. The Morgan fingerprint density at radius 3 is 2.52 bits per heavy atom. The van der Waals surface area contributed by atoms with Crippen molar-refractivity contribution in [3.63, 3.8) is 0 Å². The van der Waals surface area contributed by atoms with Gasteiger partial charge in [0.2, 0.25) is 0 Å². The Kier molecular flexibility index (Phi) is 4.04. The van der Waals surface area contributed by atoms with E-state index in [9.17, 15) is 26.4 Å². The summed E-state index contributed by atoms with van der Waals surface area (Å²) in [7, 11) is -4.48. The lowest BCUT2D eigenvalue weighted by Crippen LogP contribution is -2.25. The predicted molar refractivity (Wildman–Crippen MR) is 83.3 cm³/mol. The Balaban J connectivity index is 2.18. The molecule has 0 amide bonds. The number of hydrogen-bond acceptors (Lipinski definition) is 4. The van der Waals surface area contributed by atoms with Crippen LogP contribution in [-0.4, -0.2) is 23.7 Å². The first-order chi connectivity index (χ1) is 11.6. The second kappa shape index (κ2) is 5.81. The zero-order valence-corrected chi connectivity index (χ0v) is 13.6. The second-order valence-electron chi connectivity index (χ2n) is 4.88. The normalized spacial score (nSPS) is 12.5. The third kappa shape index (κ3) is 3.35. The number of hydrogen-bond donors (Lipinski definition) is 1. The predicted octanol–water partition coefficient (Wildman–Crippen LogP) is 3.12. The summed E-state index contributed by atoms with van der Waals surface area (Å²) < 4.78 is 66.5. The van der Waals surface area contributed by atoms with Gasteiger partial charge in [0.25, 0.3) is 10.0 Å². The summed E-state index contributed by atoms with van der Waals surface area (Å²) in [6.45, 7) is 0. The van der Waals surface area contributed by atoms with Crippen LogP contribution in [0.4, 0.5) is 13.2 Å². The fourth-order valence-corrected chi connectivity index (χ4v) is 3.80. The number of aromatic amines is 1. The van der Waals surface area contributed by atoms with Gasteiger partial charge in [-0.3, -0.25) is 0 Å². The van der Waals surface area contributed by atoms with Gasteiger partial charge in [-0.2, -0.15) is 3.97 Å². The standard InChI is InChI=1S/C14H8ClF3N2O4S/c15-8-4-5-11-12(6-8)20(13(21)19-11)25(22,23)10-3-1-2-9(7-10)24-14(16,17)18/h1-7H,(H,19,21). The summed E-state index contributed by atoms with van der Waals surface area (Å²) in [4.78, 5) is 13.9. The third-order valence-electron chi connectivity index (χ3n) is 3.18. The first-order valence-corrected chi connectivity index (χ1v) is 8.41. The molecule has 25 heavy (non-hydrogen) atoms. The lowest BCUT2D eigenvalue weighted by Gasteiger charge is -2.11. The van der Waals surface area contributed by atoms with Gasteiger partial charge >= 0.3 is 12.1 Å². The van der Waals surface area contributed by atoms with E-state index in [4.69, 9.17) is 11.6 Å². The SMILES string of the molecule is O=c1[nH]c2ccc(Cl)cc2n1S(=O)(=O)c1cccc(OC(F)(F)F)c1. The van der Waals surface area contributed by atoms with E-state index >= 15 is 0 Å². The number of imidazole rings is 1. The molecule has 0 atom stereocenters. The number of rotatable bonds is 3. The van der Waals surface area contributed by atoms with Crippen LogP contribution >= 0.6 is 11.6 Å². The minimum atomic E-state index is -4.98. The molecule has 1 heterocycles. The van der Waals surface area contributed by atoms with E-state index in [0.29, 0.717) is 10.0 Å². The van der Waals surface area contributed by atoms with Gasteiger partial charge < -0.3 is 9.72 Å². The molecule has 6 nitrogen and oxygen atoms in total. The van der Waals surface area contributed by atoms with Gasteiger partial charge in [-0.15, -0.1) is 13.2 Å². The molecule has 0 aliphatic carbocycles. The molecule has 0 spiro atoms. The van der Waals surface area contributed by atoms with Crippen LogP contribution in [0.1, 0.15) is 0 Å². The highest BCUT2D eigenvalue weighted by Crippen LogP contribution is 2.27. The van der Waals surface area contributed by atoms with Crippen LogP contribution < -0.4 is 10.4 Å². The molecule has 0 unspecified atom stereocenters. The molecule has 0 bridgehead atoms. The molecule has 132 valence electrons. The van der Waals surface area contributed by atoms with Crippen LogP contribution in [0.3, 0.4) is 0 Å². The number of ether oxygens (including phenoxy) is 1. The van der Waals surface area contributed by atoms with Crippen molar-refractivity contribution >= 4 is 32.7 Å². The third-order valence-corrected chi connectivity index (χ3v) is 5.11. The summed E-state index contributed by atoms with van der Waals surface area (Å²) in [5.74, 6) is -0.723.